The summed E-state index contributed by atoms with van der Waals surface area (Å²) < 4.78 is 14.6. The minimum absolute atomic E-state index is 0.168. The predicted octanol–water partition coefficient (Wildman–Crippen LogP) is 4.24. The van der Waals surface area contributed by atoms with Crippen LogP contribution in [0.4, 0.5) is 4.39 Å². The highest BCUT2D eigenvalue weighted by molar-refractivity contribution is 14.1. The zero-order valence-corrected chi connectivity index (χ0v) is 13.2. The van der Waals surface area contributed by atoms with Crippen LogP contribution in [0.5, 0.6) is 0 Å². The molecule has 2 rings (SSSR count). The highest BCUT2D eigenvalue weighted by Gasteiger charge is 2.14. The van der Waals surface area contributed by atoms with Crippen LogP contribution >= 0.6 is 22.6 Å². The number of hydrogen-bond acceptors (Lipinski definition) is 1. The van der Waals surface area contributed by atoms with E-state index in [1.165, 1.54) is 15.2 Å². The van der Waals surface area contributed by atoms with Gasteiger partial charge in [0.05, 0.1) is 0 Å². The normalized spacial score (nSPS) is 12.4. The number of rotatable bonds is 4. The van der Waals surface area contributed by atoms with Gasteiger partial charge in [-0.2, -0.15) is 0 Å². The number of hydrogen-bond donors (Lipinski definition) is 1. The molecule has 100 valence electrons. The molecule has 0 spiro atoms. The first-order valence-corrected chi connectivity index (χ1v) is 7.36. The largest absolute Gasteiger partial charge is 0.313 e. The molecular formula is C16H17FIN. The second-order valence-electron chi connectivity index (χ2n) is 4.64. The molecule has 0 saturated carbocycles. The van der Waals surface area contributed by atoms with Gasteiger partial charge in [-0.1, -0.05) is 24.3 Å². The highest BCUT2D eigenvalue weighted by Crippen LogP contribution is 2.24. The summed E-state index contributed by atoms with van der Waals surface area (Å²) in [5.41, 5.74) is 3.45. The van der Waals surface area contributed by atoms with Crippen molar-refractivity contribution in [1.82, 2.24) is 5.32 Å². The van der Waals surface area contributed by atoms with E-state index in [0.29, 0.717) is 0 Å². The zero-order valence-electron chi connectivity index (χ0n) is 11.1. The molecule has 0 fully saturated rings. The first-order valence-electron chi connectivity index (χ1n) is 6.28. The van der Waals surface area contributed by atoms with E-state index in [1.54, 1.807) is 6.07 Å². The molecule has 2 aromatic rings. The van der Waals surface area contributed by atoms with Gasteiger partial charge in [-0.15, -0.1) is 0 Å². The quantitative estimate of drug-likeness (QED) is 0.795. The van der Waals surface area contributed by atoms with Crippen molar-refractivity contribution in [3.63, 3.8) is 0 Å². The van der Waals surface area contributed by atoms with Gasteiger partial charge < -0.3 is 5.32 Å². The van der Waals surface area contributed by atoms with Gasteiger partial charge in [0.2, 0.25) is 0 Å². The van der Waals surface area contributed by atoms with Crippen molar-refractivity contribution in [1.29, 1.82) is 0 Å². The van der Waals surface area contributed by atoms with Crippen LogP contribution in [0.15, 0.2) is 42.5 Å². The van der Waals surface area contributed by atoms with E-state index in [4.69, 9.17) is 0 Å². The van der Waals surface area contributed by atoms with E-state index in [0.717, 1.165) is 17.5 Å². The van der Waals surface area contributed by atoms with Crippen LogP contribution < -0.4 is 5.32 Å². The average molecular weight is 369 g/mol. The average Bonchev–Trinajstić information content (AvgIpc) is 2.41. The lowest BCUT2D eigenvalue weighted by Crippen LogP contribution is -2.20. The van der Waals surface area contributed by atoms with Crippen molar-refractivity contribution in [2.75, 3.05) is 7.05 Å². The number of aryl methyl sites for hydroxylation is 1. The fourth-order valence-electron chi connectivity index (χ4n) is 2.21. The molecular weight excluding hydrogens is 352 g/mol. The summed E-state index contributed by atoms with van der Waals surface area (Å²) >= 11 is 2.34. The Morgan fingerprint density at radius 2 is 1.95 bits per heavy atom. The van der Waals surface area contributed by atoms with E-state index in [1.807, 2.05) is 32.2 Å². The molecule has 1 atom stereocenters. The lowest BCUT2D eigenvalue weighted by atomic mass is 9.96. The summed E-state index contributed by atoms with van der Waals surface area (Å²) in [5.74, 6) is -0.168. The third kappa shape index (κ3) is 3.54. The predicted molar refractivity (Wildman–Crippen MR) is 85.8 cm³/mol. The minimum Gasteiger partial charge on any atom is -0.313 e. The highest BCUT2D eigenvalue weighted by atomic mass is 127. The van der Waals surface area contributed by atoms with Crippen LogP contribution in [0.25, 0.3) is 0 Å². The van der Waals surface area contributed by atoms with Crippen LogP contribution in [0.2, 0.25) is 0 Å². The second-order valence-corrected chi connectivity index (χ2v) is 5.80. The van der Waals surface area contributed by atoms with Crippen LogP contribution in [-0.2, 0) is 6.42 Å². The number of likely N-dealkylation sites (N-methyl/N-ethyl adjacent to an activating group) is 1. The monoisotopic (exact) mass is 369 g/mol. The molecule has 0 aromatic heterocycles. The zero-order chi connectivity index (χ0) is 13.8. The first-order chi connectivity index (χ1) is 9.11. The SMILES string of the molecule is CNC(Cc1cc(F)ccc1C)c1ccccc1I. The molecule has 0 aliphatic carbocycles. The van der Waals surface area contributed by atoms with E-state index >= 15 is 0 Å². The smallest absolute Gasteiger partial charge is 0.123 e. The molecule has 0 amide bonds. The molecule has 1 unspecified atom stereocenters. The van der Waals surface area contributed by atoms with Crippen molar-refractivity contribution < 1.29 is 4.39 Å². The Hall–Kier alpha value is -0.940. The molecule has 1 N–H and O–H groups in total. The van der Waals surface area contributed by atoms with Gasteiger partial charge in [0.15, 0.2) is 0 Å². The van der Waals surface area contributed by atoms with Crippen LogP contribution in [-0.4, -0.2) is 7.05 Å². The summed E-state index contributed by atoms with van der Waals surface area (Å²) in [7, 11) is 1.95. The maximum Gasteiger partial charge on any atom is 0.123 e. The topological polar surface area (TPSA) is 12.0 Å². The van der Waals surface area contributed by atoms with Gasteiger partial charge in [0.1, 0.15) is 5.82 Å². The molecule has 0 heterocycles. The molecule has 2 aromatic carbocycles. The fraction of sp³-hybridized carbons (Fsp3) is 0.250. The van der Waals surface area contributed by atoms with Crippen LogP contribution in [0, 0.1) is 16.3 Å². The van der Waals surface area contributed by atoms with E-state index < -0.39 is 0 Å². The Labute approximate surface area is 127 Å². The summed E-state index contributed by atoms with van der Waals surface area (Å²) in [6.45, 7) is 2.03. The van der Waals surface area contributed by atoms with E-state index in [-0.39, 0.29) is 11.9 Å². The van der Waals surface area contributed by atoms with Crippen molar-refractivity contribution in [3.8, 4) is 0 Å². The van der Waals surface area contributed by atoms with Crippen molar-refractivity contribution in [2.24, 2.45) is 0 Å². The molecule has 3 heteroatoms. The summed E-state index contributed by atoms with van der Waals surface area (Å²) in [5, 5.41) is 3.33. The van der Waals surface area contributed by atoms with Gasteiger partial charge in [-0.05, 0) is 77.9 Å². The standard InChI is InChI=1S/C16H17FIN/c1-11-7-8-13(17)9-12(11)10-16(19-2)14-5-3-4-6-15(14)18/h3-9,16,19H,10H2,1-2H3. The summed E-state index contributed by atoms with van der Waals surface area (Å²) in [6, 6.07) is 13.5. The van der Waals surface area contributed by atoms with Gasteiger partial charge in [-0.25, -0.2) is 4.39 Å². The second kappa shape index (κ2) is 6.48. The van der Waals surface area contributed by atoms with Crippen molar-refractivity contribution >= 4 is 22.6 Å². The third-order valence-electron chi connectivity index (χ3n) is 3.36. The number of nitrogens with one attached hydrogen (secondary N) is 1. The molecule has 0 saturated heterocycles. The summed E-state index contributed by atoms with van der Waals surface area (Å²) in [4.78, 5) is 0. The fourth-order valence-corrected chi connectivity index (χ4v) is 2.97. The number of halogens is 2. The molecule has 0 aliphatic rings. The maximum atomic E-state index is 13.4. The van der Waals surface area contributed by atoms with Crippen molar-refractivity contribution in [3.05, 3.63) is 68.5 Å². The maximum absolute atomic E-state index is 13.4. The number of benzene rings is 2. The molecule has 0 bridgehead atoms. The molecule has 1 nitrogen and oxygen atoms in total. The van der Waals surface area contributed by atoms with Gasteiger partial charge >= 0.3 is 0 Å². The molecule has 19 heavy (non-hydrogen) atoms. The minimum atomic E-state index is -0.168. The van der Waals surface area contributed by atoms with Gasteiger partial charge in [0, 0.05) is 9.61 Å². The molecule has 0 radical (unpaired) electrons. The van der Waals surface area contributed by atoms with Crippen LogP contribution in [0.1, 0.15) is 22.7 Å². The van der Waals surface area contributed by atoms with Crippen LogP contribution in [0.3, 0.4) is 0 Å². The third-order valence-corrected chi connectivity index (χ3v) is 4.35. The lowest BCUT2D eigenvalue weighted by Gasteiger charge is -2.19. The van der Waals surface area contributed by atoms with Gasteiger partial charge in [-0.3, -0.25) is 0 Å². The Bertz CT molecular complexity index is 568. The summed E-state index contributed by atoms with van der Waals surface area (Å²) in [6.07, 6.45) is 0.792. The van der Waals surface area contributed by atoms with Gasteiger partial charge in [0.25, 0.3) is 0 Å². The Morgan fingerprint density at radius 1 is 1.21 bits per heavy atom. The van der Waals surface area contributed by atoms with E-state index in [2.05, 4.69) is 40.0 Å². The van der Waals surface area contributed by atoms with Crippen molar-refractivity contribution in [2.45, 2.75) is 19.4 Å². The lowest BCUT2D eigenvalue weighted by molar-refractivity contribution is 0.580. The Balaban J connectivity index is 2.29. The van der Waals surface area contributed by atoms with E-state index in [9.17, 15) is 4.39 Å². The Kier molecular flexibility index (Phi) is 4.93. The molecule has 0 aliphatic heterocycles. The first kappa shape index (κ1) is 14.5. The Morgan fingerprint density at radius 3 is 2.63 bits per heavy atom.